The van der Waals surface area contributed by atoms with Crippen molar-refractivity contribution in [3.63, 3.8) is 0 Å². The van der Waals surface area contributed by atoms with Crippen LogP contribution in [0.3, 0.4) is 0 Å². The van der Waals surface area contributed by atoms with Gasteiger partial charge in [-0.05, 0) is 44.4 Å². The number of hydrogen-bond acceptors (Lipinski definition) is 3. The number of hydrogen-bond donors (Lipinski definition) is 3. The summed E-state index contributed by atoms with van der Waals surface area (Å²) in [5, 5.41) is 6.40. The number of alkyl carbamates (subject to hydrolysis) is 1. The van der Waals surface area contributed by atoms with Gasteiger partial charge in [0.2, 0.25) is 0 Å². The summed E-state index contributed by atoms with van der Waals surface area (Å²) in [6.45, 7) is 6.04. The van der Waals surface area contributed by atoms with E-state index in [1.165, 1.54) is 0 Å². The SMILES string of the molecule is CC(C)(C)OC(=O)NCCNC(=O)c1ccc2cc[nH]c2c1. The average Bonchev–Trinajstić information content (AvgIpc) is 2.88. The Labute approximate surface area is 129 Å². The molecule has 2 amide bonds. The molecule has 0 aliphatic heterocycles. The fourth-order valence-corrected chi connectivity index (χ4v) is 1.95. The minimum atomic E-state index is -0.529. The van der Waals surface area contributed by atoms with Gasteiger partial charge in [0.05, 0.1) is 0 Å². The molecule has 6 nitrogen and oxygen atoms in total. The Balaban J connectivity index is 1.77. The number of amides is 2. The number of aromatic amines is 1. The lowest BCUT2D eigenvalue weighted by Crippen LogP contribution is -2.37. The average molecular weight is 303 g/mol. The van der Waals surface area contributed by atoms with Crippen LogP contribution in [0.4, 0.5) is 4.79 Å². The first-order valence-electron chi connectivity index (χ1n) is 7.17. The van der Waals surface area contributed by atoms with Gasteiger partial charge in [0.15, 0.2) is 0 Å². The van der Waals surface area contributed by atoms with Crippen LogP contribution in [0.25, 0.3) is 10.9 Å². The van der Waals surface area contributed by atoms with Crippen molar-refractivity contribution in [2.45, 2.75) is 26.4 Å². The molecule has 3 N–H and O–H groups in total. The molecule has 0 fully saturated rings. The van der Waals surface area contributed by atoms with E-state index in [4.69, 9.17) is 4.74 Å². The number of fused-ring (bicyclic) bond motifs is 1. The molecule has 22 heavy (non-hydrogen) atoms. The van der Waals surface area contributed by atoms with Gasteiger partial charge in [-0.25, -0.2) is 4.79 Å². The molecule has 0 atom stereocenters. The molecule has 0 radical (unpaired) electrons. The summed E-state index contributed by atoms with van der Waals surface area (Å²) < 4.78 is 5.10. The molecule has 0 unspecified atom stereocenters. The van der Waals surface area contributed by atoms with Crippen molar-refractivity contribution < 1.29 is 14.3 Å². The highest BCUT2D eigenvalue weighted by molar-refractivity contribution is 5.97. The van der Waals surface area contributed by atoms with Gasteiger partial charge in [0, 0.05) is 30.4 Å². The van der Waals surface area contributed by atoms with Crippen LogP contribution < -0.4 is 10.6 Å². The number of benzene rings is 1. The van der Waals surface area contributed by atoms with Crippen molar-refractivity contribution in [1.29, 1.82) is 0 Å². The van der Waals surface area contributed by atoms with Gasteiger partial charge in [0.1, 0.15) is 5.60 Å². The van der Waals surface area contributed by atoms with Crippen LogP contribution in [0.15, 0.2) is 30.5 Å². The van der Waals surface area contributed by atoms with Gasteiger partial charge in [-0.3, -0.25) is 4.79 Å². The van der Waals surface area contributed by atoms with E-state index in [-0.39, 0.29) is 5.91 Å². The van der Waals surface area contributed by atoms with E-state index in [0.29, 0.717) is 18.7 Å². The Kier molecular flexibility index (Phi) is 4.70. The van der Waals surface area contributed by atoms with Crippen molar-refractivity contribution >= 4 is 22.9 Å². The summed E-state index contributed by atoms with van der Waals surface area (Å²) in [6, 6.07) is 7.40. The molecule has 0 aliphatic rings. The largest absolute Gasteiger partial charge is 0.444 e. The third kappa shape index (κ3) is 4.51. The molecular formula is C16H21N3O3. The van der Waals surface area contributed by atoms with Crippen molar-refractivity contribution in [3.8, 4) is 0 Å². The lowest BCUT2D eigenvalue weighted by atomic mass is 10.1. The molecular weight excluding hydrogens is 282 g/mol. The number of H-pyrrole nitrogens is 1. The van der Waals surface area contributed by atoms with Crippen LogP contribution >= 0.6 is 0 Å². The van der Waals surface area contributed by atoms with Crippen LogP contribution in [0.1, 0.15) is 31.1 Å². The zero-order chi connectivity index (χ0) is 16.2. The maximum Gasteiger partial charge on any atom is 0.407 e. The standard InChI is InChI=1S/C16H21N3O3/c1-16(2,3)22-15(21)19-9-8-18-14(20)12-5-4-11-6-7-17-13(11)10-12/h4-7,10,17H,8-9H2,1-3H3,(H,18,20)(H,19,21). The molecule has 0 aliphatic carbocycles. The van der Waals surface area contributed by atoms with E-state index < -0.39 is 11.7 Å². The van der Waals surface area contributed by atoms with Gasteiger partial charge in [0.25, 0.3) is 5.91 Å². The lowest BCUT2D eigenvalue weighted by Gasteiger charge is -2.19. The highest BCUT2D eigenvalue weighted by atomic mass is 16.6. The van der Waals surface area contributed by atoms with Crippen LogP contribution in [0.5, 0.6) is 0 Å². The predicted molar refractivity (Wildman–Crippen MR) is 84.9 cm³/mol. The summed E-state index contributed by atoms with van der Waals surface area (Å²) in [5.41, 5.74) is 0.963. The van der Waals surface area contributed by atoms with Crippen LogP contribution in [-0.4, -0.2) is 35.7 Å². The molecule has 1 aromatic carbocycles. The summed E-state index contributed by atoms with van der Waals surface area (Å²) in [6.07, 6.45) is 1.34. The molecule has 0 saturated heterocycles. The van der Waals surface area contributed by atoms with Gasteiger partial charge in [-0.15, -0.1) is 0 Å². The maximum absolute atomic E-state index is 12.0. The number of nitrogens with one attached hydrogen (secondary N) is 3. The minimum absolute atomic E-state index is 0.178. The topological polar surface area (TPSA) is 83.2 Å². The number of rotatable bonds is 4. The van der Waals surface area contributed by atoms with E-state index in [1.54, 1.807) is 32.9 Å². The summed E-state index contributed by atoms with van der Waals surface area (Å²) in [4.78, 5) is 26.5. The summed E-state index contributed by atoms with van der Waals surface area (Å²) in [5.74, 6) is -0.178. The van der Waals surface area contributed by atoms with Gasteiger partial charge in [-0.2, -0.15) is 0 Å². The highest BCUT2D eigenvalue weighted by Crippen LogP contribution is 2.13. The number of ether oxygens (including phenoxy) is 1. The van der Waals surface area contributed by atoms with E-state index in [9.17, 15) is 9.59 Å². The van der Waals surface area contributed by atoms with Gasteiger partial charge < -0.3 is 20.4 Å². The maximum atomic E-state index is 12.0. The molecule has 0 saturated carbocycles. The fraction of sp³-hybridized carbons (Fsp3) is 0.375. The Morgan fingerprint density at radius 1 is 1.14 bits per heavy atom. The molecule has 1 heterocycles. The molecule has 2 aromatic rings. The zero-order valence-electron chi connectivity index (χ0n) is 13.0. The second-order valence-corrected chi connectivity index (χ2v) is 5.96. The van der Waals surface area contributed by atoms with Crippen LogP contribution in [0, 0.1) is 0 Å². The molecule has 0 spiro atoms. The van der Waals surface area contributed by atoms with E-state index in [0.717, 1.165) is 10.9 Å². The molecule has 0 bridgehead atoms. The minimum Gasteiger partial charge on any atom is -0.444 e. The van der Waals surface area contributed by atoms with Crippen molar-refractivity contribution in [3.05, 3.63) is 36.0 Å². The Morgan fingerprint density at radius 3 is 2.59 bits per heavy atom. The Hall–Kier alpha value is -2.50. The third-order valence-electron chi connectivity index (χ3n) is 2.90. The molecule has 6 heteroatoms. The Morgan fingerprint density at radius 2 is 1.86 bits per heavy atom. The first kappa shape index (κ1) is 15.9. The first-order chi connectivity index (χ1) is 10.3. The normalized spacial score (nSPS) is 11.2. The summed E-state index contributed by atoms with van der Waals surface area (Å²) >= 11 is 0. The second kappa shape index (κ2) is 6.51. The fourth-order valence-electron chi connectivity index (χ4n) is 1.95. The van der Waals surface area contributed by atoms with Crippen molar-refractivity contribution in [2.75, 3.05) is 13.1 Å². The van der Waals surface area contributed by atoms with Gasteiger partial charge in [-0.1, -0.05) is 6.07 Å². The van der Waals surface area contributed by atoms with Gasteiger partial charge >= 0.3 is 6.09 Å². The lowest BCUT2D eigenvalue weighted by molar-refractivity contribution is 0.0526. The summed E-state index contributed by atoms with van der Waals surface area (Å²) in [7, 11) is 0. The van der Waals surface area contributed by atoms with E-state index >= 15 is 0 Å². The Bertz CT molecular complexity index is 671. The number of carbonyl (C=O) groups is 2. The van der Waals surface area contributed by atoms with E-state index in [1.807, 2.05) is 18.3 Å². The molecule has 2 rings (SSSR count). The van der Waals surface area contributed by atoms with Crippen molar-refractivity contribution in [2.24, 2.45) is 0 Å². The number of carbonyl (C=O) groups excluding carboxylic acids is 2. The third-order valence-corrected chi connectivity index (χ3v) is 2.90. The first-order valence-corrected chi connectivity index (χ1v) is 7.17. The number of aromatic nitrogens is 1. The molecule has 1 aromatic heterocycles. The molecule has 118 valence electrons. The zero-order valence-corrected chi connectivity index (χ0v) is 13.0. The van der Waals surface area contributed by atoms with E-state index in [2.05, 4.69) is 15.6 Å². The predicted octanol–water partition coefficient (Wildman–Crippen LogP) is 2.42. The van der Waals surface area contributed by atoms with Crippen LogP contribution in [-0.2, 0) is 4.74 Å². The second-order valence-electron chi connectivity index (χ2n) is 5.96. The van der Waals surface area contributed by atoms with Crippen LogP contribution in [0.2, 0.25) is 0 Å². The monoisotopic (exact) mass is 303 g/mol. The van der Waals surface area contributed by atoms with Crippen molar-refractivity contribution in [1.82, 2.24) is 15.6 Å². The highest BCUT2D eigenvalue weighted by Gasteiger charge is 2.15. The smallest absolute Gasteiger partial charge is 0.407 e. The quantitative estimate of drug-likeness (QED) is 0.759.